The molecule has 0 aromatic carbocycles. The molecular weight excluding hydrogens is 401 g/mol. The van der Waals surface area contributed by atoms with Gasteiger partial charge in [0.1, 0.15) is 0 Å². The molecule has 10 heteroatoms. The van der Waals surface area contributed by atoms with Crippen molar-refractivity contribution in [2.24, 2.45) is 0 Å². The molecule has 0 radical (unpaired) electrons. The maximum absolute atomic E-state index is 13.8. The molecule has 30 heavy (non-hydrogen) atoms. The van der Waals surface area contributed by atoms with Crippen LogP contribution in [-0.2, 0) is 6.18 Å². The molecule has 0 bridgehead atoms. The highest BCUT2D eigenvalue weighted by molar-refractivity contribution is 5.91. The van der Waals surface area contributed by atoms with Gasteiger partial charge in [-0.2, -0.15) is 13.2 Å². The summed E-state index contributed by atoms with van der Waals surface area (Å²) in [4.78, 5) is 18.5. The van der Waals surface area contributed by atoms with Crippen molar-refractivity contribution in [1.29, 1.82) is 0 Å². The molecule has 160 valence electrons. The average molecular weight is 422 g/mol. The van der Waals surface area contributed by atoms with Gasteiger partial charge in [-0.05, 0) is 31.7 Å². The molecule has 1 fully saturated rings. The van der Waals surface area contributed by atoms with Crippen LogP contribution in [0.25, 0.3) is 11.1 Å². The second kappa shape index (κ2) is 7.41. The number of halogens is 3. The van der Waals surface area contributed by atoms with Crippen LogP contribution in [0.5, 0.6) is 0 Å². The number of aromatic nitrogens is 3. The molecule has 1 amide bonds. The Kier molecular flexibility index (Phi) is 5.03. The molecule has 3 aromatic rings. The van der Waals surface area contributed by atoms with Crippen LogP contribution < -0.4 is 0 Å². The number of fused-ring (bicyclic) bond motifs is 1. The highest BCUT2D eigenvalue weighted by Gasteiger charge is 2.38. The highest BCUT2D eigenvalue weighted by Crippen LogP contribution is 2.40. The van der Waals surface area contributed by atoms with Crippen molar-refractivity contribution >= 4 is 17.0 Å². The Balaban J connectivity index is 1.71. The second-order valence-corrected chi connectivity index (χ2v) is 7.92. The molecule has 3 aromatic heterocycles. The minimum atomic E-state index is -4.58. The number of pyridine rings is 1. The topological polar surface area (TPSA) is 85.3 Å². The number of carbonyl (C=O) groups is 1. The fourth-order valence-electron chi connectivity index (χ4n) is 3.80. The molecule has 4 rings (SSSR count). The van der Waals surface area contributed by atoms with E-state index in [1.807, 2.05) is 0 Å². The Hall–Kier alpha value is -2.91. The van der Waals surface area contributed by atoms with Crippen LogP contribution in [0.3, 0.4) is 0 Å². The summed E-state index contributed by atoms with van der Waals surface area (Å²) in [6, 6.07) is 2.60. The van der Waals surface area contributed by atoms with Crippen molar-refractivity contribution in [3.63, 3.8) is 0 Å². The van der Waals surface area contributed by atoms with Crippen LogP contribution in [0.15, 0.2) is 21.2 Å². The van der Waals surface area contributed by atoms with Crippen LogP contribution in [0.2, 0.25) is 0 Å². The zero-order valence-corrected chi connectivity index (χ0v) is 16.8. The lowest BCUT2D eigenvalue weighted by Gasteiger charge is -2.31. The molecule has 0 aliphatic carbocycles. The first kappa shape index (κ1) is 20.4. The van der Waals surface area contributed by atoms with Gasteiger partial charge in [-0.1, -0.05) is 24.2 Å². The summed E-state index contributed by atoms with van der Waals surface area (Å²) in [7, 11) is 0. The third-order valence-electron chi connectivity index (χ3n) is 5.32. The zero-order valence-electron chi connectivity index (χ0n) is 16.8. The van der Waals surface area contributed by atoms with Crippen LogP contribution in [0.4, 0.5) is 13.2 Å². The van der Waals surface area contributed by atoms with Gasteiger partial charge in [0.2, 0.25) is 5.76 Å². The van der Waals surface area contributed by atoms with E-state index in [1.165, 1.54) is 6.07 Å². The molecule has 0 N–H and O–H groups in total. The molecule has 1 aliphatic heterocycles. The van der Waals surface area contributed by atoms with E-state index < -0.39 is 17.7 Å². The van der Waals surface area contributed by atoms with Crippen LogP contribution in [0.1, 0.15) is 71.7 Å². The number of carbonyl (C=O) groups excluding carboxylic acids is 1. The fourth-order valence-corrected chi connectivity index (χ4v) is 3.80. The van der Waals surface area contributed by atoms with E-state index in [-0.39, 0.29) is 40.9 Å². The van der Waals surface area contributed by atoms with Crippen molar-refractivity contribution in [1.82, 2.24) is 20.2 Å². The molecule has 4 heterocycles. The Morgan fingerprint density at radius 2 is 2.00 bits per heavy atom. The van der Waals surface area contributed by atoms with Crippen LogP contribution in [0, 0.1) is 6.92 Å². The Bertz CT molecular complexity index is 1090. The Morgan fingerprint density at radius 3 is 2.63 bits per heavy atom. The number of rotatable bonds is 3. The van der Waals surface area contributed by atoms with E-state index in [1.54, 1.807) is 25.7 Å². The van der Waals surface area contributed by atoms with Gasteiger partial charge in [-0.15, -0.1) is 0 Å². The smallest absolute Gasteiger partial charge is 0.351 e. The lowest BCUT2D eigenvalue weighted by atomic mass is 9.91. The maximum atomic E-state index is 13.8. The van der Waals surface area contributed by atoms with E-state index >= 15 is 0 Å². The molecule has 0 saturated carbocycles. The number of likely N-dealkylation sites (tertiary alicyclic amines) is 1. The maximum Gasteiger partial charge on any atom is 0.417 e. The number of nitrogens with zero attached hydrogens (tertiary/aromatic N) is 4. The standard InChI is InChI=1S/C20H21F3N4O3/c1-10(2)14-8-13(20(21,22)23)16-17(26-30-18(16)24-14)12-5-4-6-27(9-12)19(28)15-7-11(3)25-29-15/h7-8,10,12H,4-6,9H2,1-3H3/t12-/m0/s1. The summed E-state index contributed by atoms with van der Waals surface area (Å²) in [5.41, 5.74) is 0.126. The summed E-state index contributed by atoms with van der Waals surface area (Å²) in [6.07, 6.45) is -3.37. The fraction of sp³-hybridized carbons (Fsp3) is 0.500. The van der Waals surface area contributed by atoms with E-state index in [9.17, 15) is 18.0 Å². The first-order valence-electron chi connectivity index (χ1n) is 9.75. The van der Waals surface area contributed by atoms with E-state index in [0.717, 1.165) is 6.07 Å². The Labute approximate surface area is 170 Å². The van der Waals surface area contributed by atoms with Crippen molar-refractivity contribution < 1.29 is 27.0 Å². The third-order valence-corrected chi connectivity index (χ3v) is 5.32. The molecule has 7 nitrogen and oxygen atoms in total. The van der Waals surface area contributed by atoms with Gasteiger partial charge >= 0.3 is 6.18 Å². The first-order chi connectivity index (χ1) is 14.1. The highest BCUT2D eigenvalue weighted by atomic mass is 19.4. The number of hydrogen-bond acceptors (Lipinski definition) is 6. The normalized spacial score (nSPS) is 17.8. The first-order valence-corrected chi connectivity index (χ1v) is 9.75. The van der Waals surface area contributed by atoms with E-state index in [2.05, 4.69) is 15.3 Å². The summed E-state index contributed by atoms with van der Waals surface area (Å²) >= 11 is 0. The summed E-state index contributed by atoms with van der Waals surface area (Å²) < 4.78 is 51.8. The molecule has 1 aliphatic rings. The number of amides is 1. The lowest BCUT2D eigenvalue weighted by molar-refractivity contribution is -0.136. The van der Waals surface area contributed by atoms with Crippen molar-refractivity contribution in [3.05, 3.63) is 40.5 Å². The number of hydrogen-bond donors (Lipinski definition) is 0. The summed E-state index contributed by atoms with van der Waals surface area (Å²) in [5.74, 6) is -0.834. The van der Waals surface area contributed by atoms with Crippen LogP contribution >= 0.6 is 0 Å². The van der Waals surface area contributed by atoms with Gasteiger partial charge < -0.3 is 13.9 Å². The van der Waals surface area contributed by atoms with Gasteiger partial charge in [-0.3, -0.25) is 4.79 Å². The van der Waals surface area contributed by atoms with Gasteiger partial charge in [0.25, 0.3) is 11.6 Å². The second-order valence-electron chi connectivity index (χ2n) is 7.92. The largest absolute Gasteiger partial charge is 0.417 e. The lowest BCUT2D eigenvalue weighted by Crippen LogP contribution is -2.39. The van der Waals surface area contributed by atoms with Gasteiger partial charge in [-0.25, -0.2) is 4.98 Å². The van der Waals surface area contributed by atoms with Gasteiger partial charge in [0.15, 0.2) is 0 Å². The molecule has 0 unspecified atom stereocenters. The van der Waals surface area contributed by atoms with Gasteiger partial charge in [0.05, 0.1) is 22.3 Å². The van der Waals surface area contributed by atoms with E-state index in [0.29, 0.717) is 30.8 Å². The molecule has 1 atom stereocenters. The van der Waals surface area contributed by atoms with E-state index in [4.69, 9.17) is 9.05 Å². The van der Waals surface area contributed by atoms with Crippen LogP contribution in [-0.4, -0.2) is 39.2 Å². The number of aryl methyl sites for hydroxylation is 1. The molecular formula is C20H21F3N4O3. The molecule has 0 spiro atoms. The summed E-state index contributed by atoms with van der Waals surface area (Å²) in [6.45, 7) is 5.93. The van der Waals surface area contributed by atoms with Crippen molar-refractivity contribution in [3.8, 4) is 0 Å². The van der Waals surface area contributed by atoms with Gasteiger partial charge in [0, 0.05) is 30.8 Å². The zero-order chi connectivity index (χ0) is 21.6. The SMILES string of the molecule is Cc1cc(C(=O)N2CCC[C@H](c3noc4nc(C(C)C)cc(C(F)(F)F)c34)C2)on1. The Morgan fingerprint density at radius 1 is 1.23 bits per heavy atom. The number of piperidine rings is 1. The predicted molar refractivity (Wildman–Crippen MR) is 100 cm³/mol. The number of alkyl halides is 3. The predicted octanol–water partition coefficient (Wildman–Crippen LogP) is 4.68. The third kappa shape index (κ3) is 3.66. The van der Waals surface area contributed by atoms with Crippen molar-refractivity contribution in [2.45, 2.75) is 51.6 Å². The molecule has 1 saturated heterocycles. The summed E-state index contributed by atoms with van der Waals surface area (Å²) in [5, 5.41) is 7.55. The average Bonchev–Trinajstić information content (AvgIpc) is 3.32. The minimum absolute atomic E-state index is 0.109. The monoisotopic (exact) mass is 422 g/mol. The quantitative estimate of drug-likeness (QED) is 0.609. The van der Waals surface area contributed by atoms with Crippen molar-refractivity contribution in [2.75, 3.05) is 13.1 Å². The minimum Gasteiger partial charge on any atom is -0.351 e.